The second-order valence-electron chi connectivity index (χ2n) is 17.6. The van der Waals surface area contributed by atoms with Gasteiger partial charge in [0.15, 0.2) is 0 Å². The van der Waals surface area contributed by atoms with E-state index in [4.69, 9.17) is 0 Å². The van der Waals surface area contributed by atoms with Crippen LogP contribution in [-0.4, -0.2) is 6.04 Å². The smallest absolute Gasteiger partial charge is 0.0558 e. The molecule has 0 saturated carbocycles. The van der Waals surface area contributed by atoms with Crippen molar-refractivity contribution in [2.75, 3.05) is 14.7 Å². The molecule has 3 heteroatoms. The topological polar surface area (TPSA) is 9.72 Å². The van der Waals surface area contributed by atoms with E-state index in [0.29, 0.717) is 11.8 Å². The average molecular weight is 800 g/mol. The summed E-state index contributed by atoms with van der Waals surface area (Å²) in [4.78, 5) is 7.65. The summed E-state index contributed by atoms with van der Waals surface area (Å²) in [6, 6.07) is 27.9. The first-order chi connectivity index (χ1) is 30.0. The summed E-state index contributed by atoms with van der Waals surface area (Å²) in [5.41, 5.74) is 17.3. The van der Waals surface area contributed by atoms with Crippen LogP contribution in [0.3, 0.4) is 0 Å². The lowest BCUT2D eigenvalue weighted by Crippen LogP contribution is -2.35. The number of nitrogens with zero attached hydrogens (tertiary/aromatic N) is 3. The van der Waals surface area contributed by atoms with Crippen LogP contribution in [0.15, 0.2) is 216 Å². The van der Waals surface area contributed by atoms with Gasteiger partial charge >= 0.3 is 0 Å². The molecular formula is C58H61N3. The van der Waals surface area contributed by atoms with Gasteiger partial charge < -0.3 is 14.7 Å². The zero-order chi connectivity index (χ0) is 41.5. The molecule has 9 rings (SSSR count). The van der Waals surface area contributed by atoms with Crippen molar-refractivity contribution in [2.24, 2.45) is 5.92 Å². The normalized spacial score (nSPS) is 21.3. The van der Waals surface area contributed by atoms with E-state index in [-0.39, 0.29) is 6.04 Å². The van der Waals surface area contributed by atoms with Gasteiger partial charge in [0.2, 0.25) is 0 Å². The third-order valence-electron chi connectivity index (χ3n) is 13.1. The van der Waals surface area contributed by atoms with E-state index in [1.54, 1.807) is 5.57 Å². The minimum atomic E-state index is 0.236. The van der Waals surface area contributed by atoms with Gasteiger partial charge in [-0.3, -0.25) is 0 Å². The number of benzene rings is 3. The first-order valence-electron chi connectivity index (χ1n) is 22.8. The molecule has 6 aliphatic rings. The maximum Gasteiger partial charge on any atom is 0.0558 e. The van der Waals surface area contributed by atoms with Crippen molar-refractivity contribution in [2.45, 2.75) is 96.9 Å². The van der Waals surface area contributed by atoms with Crippen LogP contribution in [0.2, 0.25) is 0 Å². The molecule has 0 aromatic heterocycles. The van der Waals surface area contributed by atoms with Crippen molar-refractivity contribution in [1.82, 2.24) is 0 Å². The first kappa shape index (κ1) is 40.4. The molecule has 3 unspecified atom stereocenters. The van der Waals surface area contributed by atoms with Gasteiger partial charge in [0.1, 0.15) is 0 Å². The summed E-state index contributed by atoms with van der Waals surface area (Å²) in [6.45, 7) is 6.64. The molecule has 0 bridgehead atoms. The highest BCUT2D eigenvalue weighted by molar-refractivity contribution is 5.66. The summed E-state index contributed by atoms with van der Waals surface area (Å²) in [6.07, 6.45) is 50.3. The minimum Gasteiger partial charge on any atom is -0.338 e. The molecule has 3 nitrogen and oxygen atoms in total. The zero-order valence-corrected chi connectivity index (χ0v) is 36.4. The van der Waals surface area contributed by atoms with Crippen molar-refractivity contribution in [3.63, 3.8) is 0 Å². The van der Waals surface area contributed by atoms with E-state index in [2.05, 4.69) is 212 Å². The van der Waals surface area contributed by atoms with Crippen LogP contribution in [0.25, 0.3) is 0 Å². The molecule has 3 aromatic carbocycles. The molecule has 6 aliphatic carbocycles. The van der Waals surface area contributed by atoms with Gasteiger partial charge in [0.05, 0.1) is 6.04 Å². The second kappa shape index (κ2) is 18.7. The zero-order valence-electron chi connectivity index (χ0n) is 36.4. The number of aryl methyl sites for hydroxylation is 2. The molecule has 308 valence electrons. The highest BCUT2D eigenvalue weighted by Crippen LogP contribution is 2.43. The van der Waals surface area contributed by atoms with Crippen molar-refractivity contribution < 1.29 is 0 Å². The third-order valence-corrected chi connectivity index (χ3v) is 13.1. The van der Waals surface area contributed by atoms with Crippen molar-refractivity contribution in [3.05, 3.63) is 232 Å². The van der Waals surface area contributed by atoms with Crippen LogP contribution in [0.5, 0.6) is 0 Å². The quantitative estimate of drug-likeness (QED) is 0.181. The molecule has 0 heterocycles. The van der Waals surface area contributed by atoms with Crippen LogP contribution in [0.4, 0.5) is 17.1 Å². The van der Waals surface area contributed by atoms with Crippen LogP contribution in [0, 0.1) is 19.8 Å². The van der Waals surface area contributed by atoms with Crippen molar-refractivity contribution >= 4 is 17.1 Å². The number of rotatable bonds is 12. The number of anilines is 3. The molecule has 0 saturated heterocycles. The van der Waals surface area contributed by atoms with Crippen LogP contribution < -0.4 is 14.7 Å². The van der Waals surface area contributed by atoms with Gasteiger partial charge in [-0.2, -0.15) is 0 Å². The SMILES string of the molecule is CC1=CC(C(C2=CC=CCC2)c2ccc(N(C3=CCC(N(C4=CC=CCC4)c4cccc(C)c4)C=C3)C3=CC=C(N(C4=CC=CCC4)c4cccc(C)c4)CC3)cc2)CC=C1. The predicted octanol–water partition coefficient (Wildman–Crippen LogP) is 15.2. The van der Waals surface area contributed by atoms with E-state index in [1.807, 2.05) is 0 Å². The Morgan fingerprint density at radius 2 is 1.18 bits per heavy atom. The van der Waals surface area contributed by atoms with Crippen LogP contribution in [-0.2, 0) is 0 Å². The highest BCUT2D eigenvalue weighted by Gasteiger charge is 2.29. The van der Waals surface area contributed by atoms with Crippen LogP contribution in [0.1, 0.15) is 93.7 Å². The summed E-state index contributed by atoms with van der Waals surface area (Å²) in [5.74, 6) is 0.835. The van der Waals surface area contributed by atoms with Gasteiger partial charge in [-0.05, 0) is 174 Å². The summed E-state index contributed by atoms with van der Waals surface area (Å²) < 4.78 is 0. The Kier molecular flexibility index (Phi) is 12.4. The molecule has 0 amide bonds. The maximum atomic E-state index is 2.58. The summed E-state index contributed by atoms with van der Waals surface area (Å²) in [7, 11) is 0. The fourth-order valence-electron chi connectivity index (χ4n) is 10.2. The predicted molar refractivity (Wildman–Crippen MR) is 260 cm³/mol. The third kappa shape index (κ3) is 9.17. The van der Waals surface area contributed by atoms with Crippen LogP contribution >= 0.6 is 0 Å². The van der Waals surface area contributed by atoms with Crippen molar-refractivity contribution in [1.29, 1.82) is 0 Å². The Labute approximate surface area is 365 Å². The molecule has 0 radical (unpaired) electrons. The lowest BCUT2D eigenvalue weighted by atomic mass is 9.74. The Morgan fingerprint density at radius 1 is 0.541 bits per heavy atom. The van der Waals surface area contributed by atoms with Gasteiger partial charge in [0, 0.05) is 51.5 Å². The lowest BCUT2D eigenvalue weighted by Gasteiger charge is -2.38. The molecule has 0 N–H and O–H groups in total. The molecule has 3 atom stereocenters. The molecule has 3 aromatic rings. The maximum absolute atomic E-state index is 2.58. The average Bonchev–Trinajstić information content (AvgIpc) is 3.30. The molecule has 0 aliphatic heterocycles. The highest BCUT2D eigenvalue weighted by atomic mass is 15.2. The first-order valence-corrected chi connectivity index (χ1v) is 22.8. The Balaban J connectivity index is 1.08. The fourth-order valence-corrected chi connectivity index (χ4v) is 10.2. The summed E-state index contributed by atoms with van der Waals surface area (Å²) >= 11 is 0. The molecule has 0 spiro atoms. The lowest BCUT2D eigenvalue weighted by molar-refractivity contribution is 0.545. The summed E-state index contributed by atoms with van der Waals surface area (Å²) in [5, 5.41) is 0. The molecule has 0 fully saturated rings. The number of allylic oxidation sites excluding steroid dienone is 21. The van der Waals surface area contributed by atoms with Gasteiger partial charge in [-0.15, -0.1) is 0 Å². The number of hydrogen-bond acceptors (Lipinski definition) is 3. The Hall–Kier alpha value is -6.06. The number of hydrogen-bond donors (Lipinski definition) is 0. The monoisotopic (exact) mass is 799 g/mol. The van der Waals surface area contributed by atoms with E-state index in [1.165, 1.54) is 67.8 Å². The standard InChI is InChI=1S/C58H61N3/c1-43-16-13-21-48(40-43)58(46-19-7-4-8-20-46)47-28-30-51(31-29-47)59(52-32-36-54(37-33-52)60(49-22-9-5-10-23-49)56-26-14-17-44(2)41-56)53-34-38-55(39-35-53)61(50-24-11-6-12-25-50)57-27-15-18-45(3)42-57/h4-7,9,11,13-19,22,24,26-34,36,38,40-42,48,54,58H,8,10,12,20-21,23,25,35,37,39H2,1-3H3. The van der Waals surface area contributed by atoms with E-state index >= 15 is 0 Å². The minimum absolute atomic E-state index is 0.236. The largest absolute Gasteiger partial charge is 0.338 e. The molecule has 61 heavy (non-hydrogen) atoms. The Morgan fingerprint density at radius 3 is 1.79 bits per heavy atom. The fraction of sp³-hybridized carbons (Fsp3) is 0.276. The Bertz CT molecular complexity index is 2480. The van der Waals surface area contributed by atoms with Gasteiger partial charge in [0.25, 0.3) is 0 Å². The van der Waals surface area contributed by atoms with Gasteiger partial charge in [-0.25, -0.2) is 0 Å². The molecular weight excluding hydrogens is 739 g/mol. The van der Waals surface area contributed by atoms with Crippen molar-refractivity contribution in [3.8, 4) is 0 Å². The van der Waals surface area contributed by atoms with E-state index < -0.39 is 0 Å². The van der Waals surface area contributed by atoms with E-state index in [9.17, 15) is 0 Å². The van der Waals surface area contributed by atoms with Gasteiger partial charge in [-0.1, -0.05) is 120 Å². The van der Waals surface area contributed by atoms with E-state index in [0.717, 1.165) is 64.2 Å². The second-order valence-corrected chi connectivity index (χ2v) is 17.6.